The van der Waals surface area contributed by atoms with Crippen molar-refractivity contribution in [2.24, 2.45) is 0 Å². The summed E-state index contributed by atoms with van der Waals surface area (Å²) in [5.41, 5.74) is 1.18. The fourth-order valence-electron chi connectivity index (χ4n) is 1.19. The van der Waals surface area contributed by atoms with Crippen LogP contribution in [0.25, 0.3) is 0 Å². The van der Waals surface area contributed by atoms with Crippen molar-refractivity contribution >= 4 is 6.09 Å². The van der Waals surface area contributed by atoms with E-state index in [2.05, 4.69) is 10.2 Å². The van der Waals surface area contributed by atoms with E-state index in [1.807, 2.05) is 26.2 Å². The molecule has 82 valence electrons. The Hall–Kier alpha value is -1.55. The quantitative estimate of drug-likeness (QED) is 0.817. The maximum absolute atomic E-state index is 10.9. The van der Waals surface area contributed by atoms with Crippen molar-refractivity contribution in [3.63, 3.8) is 0 Å². The highest BCUT2D eigenvalue weighted by molar-refractivity contribution is 5.69. The second-order valence-electron chi connectivity index (χ2n) is 3.52. The van der Waals surface area contributed by atoms with Crippen LogP contribution < -0.4 is 10.1 Å². The summed E-state index contributed by atoms with van der Waals surface area (Å²) < 4.78 is 4.96. The smallest absolute Gasteiger partial charge is 0.410 e. The molecule has 0 saturated heterocycles. The highest BCUT2D eigenvalue weighted by Gasteiger charge is 2.01. The van der Waals surface area contributed by atoms with Crippen LogP contribution in [-0.2, 0) is 6.54 Å². The Morgan fingerprint density at radius 1 is 1.33 bits per heavy atom. The van der Waals surface area contributed by atoms with Crippen LogP contribution in [0.2, 0.25) is 0 Å². The van der Waals surface area contributed by atoms with Crippen LogP contribution in [0.4, 0.5) is 4.79 Å². The fraction of sp³-hybridized carbons (Fsp3) is 0.364. The van der Waals surface area contributed by atoms with Crippen molar-refractivity contribution in [3.05, 3.63) is 29.8 Å². The molecule has 1 rings (SSSR count). The first-order chi connectivity index (χ1) is 7.11. The van der Waals surface area contributed by atoms with Crippen LogP contribution in [0.15, 0.2) is 24.3 Å². The summed E-state index contributed by atoms with van der Waals surface area (Å²) in [5, 5.41) is 2.39. The molecule has 1 aromatic rings. The largest absolute Gasteiger partial charge is 0.412 e. The molecule has 0 fully saturated rings. The number of carbonyl (C=O) groups is 1. The average molecular weight is 208 g/mol. The second-order valence-corrected chi connectivity index (χ2v) is 3.52. The zero-order chi connectivity index (χ0) is 11.3. The van der Waals surface area contributed by atoms with Gasteiger partial charge in [0.2, 0.25) is 0 Å². The van der Waals surface area contributed by atoms with Crippen molar-refractivity contribution in [2.45, 2.75) is 6.54 Å². The molecule has 0 atom stereocenters. The van der Waals surface area contributed by atoms with Crippen molar-refractivity contribution in [3.8, 4) is 5.75 Å². The first-order valence-electron chi connectivity index (χ1n) is 4.75. The van der Waals surface area contributed by atoms with E-state index < -0.39 is 6.09 Å². The van der Waals surface area contributed by atoms with Gasteiger partial charge in [0.25, 0.3) is 0 Å². The molecule has 1 N–H and O–H groups in total. The molecule has 4 heteroatoms. The fourth-order valence-corrected chi connectivity index (χ4v) is 1.19. The predicted octanol–water partition coefficient (Wildman–Crippen LogP) is 1.47. The lowest BCUT2D eigenvalue weighted by molar-refractivity contribution is 0.203. The average Bonchev–Trinajstić information content (AvgIpc) is 2.20. The Balaban J connectivity index is 2.60. The van der Waals surface area contributed by atoms with Crippen molar-refractivity contribution in [1.82, 2.24) is 10.2 Å². The molecule has 0 bridgehead atoms. The molecule has 0 spiro atoms. The number of benzene rings is 1. The van der Waals surface area contributed by atoms with Crippen LogP contribution in [-0.4, -0.2) is 32.1 Å². The lowest BCUT2D eigenvalue weighted by atomic mass is 10.2. The van der Waals surface area contributed by atoms with Gasteiger partial charge in [-0.25, -0.2) is 4.79 Å². The number of nitrogens with one attached hydrogen (secondary N) is 1. The van der Waals surface area contributed by atoms with Crippen molar-refractivity contribution < 1.29 is 9.53 Å². The van der Waals surface area contributed by atoms with E-state index >= 15 is 0 Å². The van der Waals surface area contributed by atoms with Crippen LogP contribution in [0, 0.1) is 0 Å². The zero-order valence-corrected chi connectivity index (χ0v) is 9.28. The molecule has 4 nitrogen and oxygen atoms in total. The van der Waals surface area contributed by atoms with E-state index in [4.69, 9.17) is 4.74 Å². The number of ether oxygens (including phenoxy) is 1. The van der Waals surface area contributed by atoms with Gasteiger partial charge in [0.1, 0.15) is 5.75 Å². The van der Waals surface area contributed by atoms with Gasteiger partial charge < -0.3 is 15.0 Å². The Bertz CT molecular complexity index is 320. The van der Waals surface area contributed by atoms with E-state index in [0.717, 1.165) is 6.54 Å². The SMILES string of the molecule is CNC(=O)Oc1ccc(CN(C)C)cc1. The normalized spacial score (nSPS) is 10.1. The standard InChI is InChI=1S/C11H16N2O2/c1-12-11(14)15-10-6-4-9(5-7-10)8-13(2)3/h4-7H,8H2,1-3H3,(H,12,14). The summed E-state index contributed by atoms with van der Waals surface area (Å²) in [7, 11) is 5.55. The third-order valence-corrected chi connectivity index (χ3v) is 1.84. The third-order valence-electron chi connectivity index (χ3n) is 1.84. The molecule has 0 radical (unpaired) electrons. The van der Waals surface area contributed by atoms with Crippen LogP contribution in [0.1, 0.15) is 5.56 Å². The zero-order valence-electron chi connectivity index (χ0n) is 9.28. The van der Waals surface area contributed by atoms with Gasteiger partial charge in [-0.15, -0.1) is 0 Å². The predicted molar refractivity (Wildman–Crippen MR) is 58.9 cm³/mol. The maximum Gasteiger partial charge on any atom is 0.412 e. The maximum atomic E-state index is 10.9. The van der Waals surface area contributed by atoms with Gasteiger partial charge >= 0.3 is 6.09 Å². The van der Waals surface area contributed by atoms with Crippen LogP contribution in [0.5, 0.6) is 5.75 Å². The van der Waals surface area contributed by atoms with E-state index in [-0.39, 0.29) is 0 Å². The Labute approximate surface area is 89.8 Å². The molecule has 0 unspecified atom stereocenters. The molecule has 0 heterocycles. The summed E-state index contributed by atoms with van der Waals surface area (Å²) in [6.45, 7) is 0.875. The summed E-state index contributed by atoms with van der Waals surface area (Å²) in [5.74, 6) is 0.553. The second kappa shape index (κ2) is 5.36. The van der Waals surface area contributed by atoms with E-state index in [1.54, 1.807) is 12.1 Å². The highest BCUT2D eigenvalue weighted by Crippen LogP contribution is 2.12. The number of rotatable bonds is 3. The number of nitrogens with zero attached hydrogens (tertiary/aromatic N) is 1. The molecule has 1 aromatic carbocycles. The van der Waals surface area contributed by atoms with Gasteiger partial charge in [-0.3, -0.25) is 0 Å². The van der Waals surface area contributed by atoms with Gasteiger partial charge in [0, 0.05) is 13.6 Å². The van der Waals surface area contributed by atoms with Gasteiger partial charge in [0.05, 0.1) is 0 Å². The highest BCUT2D eigenvalue weighted by atomic mass is 16.5. The van der Waals surface area contributed by atoms with Crippen molar-refractivity contribution in [2.75, 3.05) is 21.1 Å². The molecule has 15 heavy (non-hydrogen) atoms. The first kappa shape index (κ1) is 11.5. The molecule has 0 aliphatic heterocycles. The Morgan fingerprint density at radius 3 is 2.40 bits per heavy atom. The minimum atomic E-state index is -0.449. The van der Waals surface area contributed by atoms with Crippen LogP contribution in [0.3, 0.4) is 0 Å². The van der Waals surface area contributed by atoms with Gasteiger partial charge in [0.15, 0.2) is 0 Å². The summed E-state index contributed by atoms with van der Waals surface area (Å²) in [6, 6.07) is 7.46. The molecular formula is C11H16N2O2. The number of amides is 1. The van der Waals surface area contributed by atoms with E-state index in [1.165, 1.54) is 12.6 Å². The summed E-state index contributed by atoms with van der Waals surface area (Å²) in [4.78, 5) is 13.0. The van der Waals surface area contributed by atoms with E-state index in [9.17, 15) is 4.79 Å². The van der Waals surface area contributed by atoms with Gasteiger partial charge in [-0.1, -0.05) is 12.1 Å². The molecule has 0 aliphatic carbocycles. The van der Waals surface area contributed by atoms with Crippen molar-refractivity contribution in [1.29, 1.82) is 0 Å². The van der Waals surface area contributed by atoms with Gasteiger partial charge in [-0.05, 0) is 31.8 Å². The Morgan fingerprint density at radius 2 is 1.93 bits per heavy atom. The Kier molecular flexibility index (Phi) is 4.12. The summed E-state index contributed by atoms with van der Waals surface area (Å²) >= 11 is 0. The molecule has 0 aliphatic rings. The summed E-state index contributed by atoms with van der Waals surface area (Å²) in [6.07, 6.45) is -0.449. The lowest BCUT2D eigenvalue weighted by Gasteiger charge is -2.10. The monoisotopic (exact) mass is 208 g/mol. The lowest BCUT2D eigenvalue weighted by Crippen LogP contribution is -2.22. The van der Waals surface area contributed by atoms with E-state index in [0.29, 0.717) is 5.75 Å². The minimum absolute atomic E-state index is 0.449. The van der Waals surface area contributed by atoms with Gasteiger partial charge in [-0.2, -0.15) is 0 Å². The number of hydrogen-bond acceptors (Lipinski definition) is 3. The third kappa shape index (κ3) is 3.99. The molecule has 1 amide bonds. The molecule has 0 saturated carbocycles. The minimum Gasteiger partial charge on any atom is -0.410 e. The molecule has 0 aromatic heterocycles. The van der Waals surface area contributed by atoms with Crippen LogP contribution >= 0.6 is 0 Å². The number of hydrogen-bond donors (Lipinski definition) is 1. The first-order valence-corrected chi connectivity index (χ1v) is 4.75. The molecular weight excluding hydrogens is 192 g/mol. The topological polar surface area (TPSA) is 41.6 Å². The number of carbonyl (C=O) groups excluding carboxylic acids is 1.